The second-order valence-electron chi connectivity index (χ2n) is 5.32. The van der Waals surface area contributed by atoms with Crippen LogP contribution in [0.3, 0.4) is 0 Å². The summed E-state index contributed by atoms with van der Waals surface area (Å²) >= 11 is 4.14. The SMILES string of the molecule is CCCC(C)C(=O)N1CC2(CC1C)SCCS2. The van der Waals surface area contributed by atoms with E-state index in [1.165, 1.54) is 17.9 Å². The molecule has 2 aliphatic rings. The third-order valence-electron chi connectivity index (χ3n) is 3.79. The lowest BCUT2D eigenvalue weighted by Crippen LogP contribution is -2.38. The van der Waals surface area contributed by atoms with E-state index in [2.05, 4.69) is 49.2 Å². The molecule has 2 aliphatic heterocycles. The lowest BCUT2D eigenvalue weighted by Gasteiger charge is -2.26. The average molecular weight is 273 g/mol. The predicted molar refractivity (Wildman–Crippen MR) is 77.5 cm³/mol. The molecule has 0 aromatic carbocycles. The van der Waals surface area contributed by atoms with Crippen molar-refractivity contribution in [3.63, 3.8) is 0 Å². The van der Waals surface area contributed by atoms with Crippen molar-refractivity contribution < 1.29 is 4.79 Å². The molecule has 0 aromatic rings. The smallest absolute Gasteiger partial charge is 0.225 e. The highest BCUT2D eigenvalue weighted by Crippen LogP contribution is 2.51. The van der Waals surface area contributed by atoms with Gasteiger partial charge in [-0.1, -0.05) is 20.3 Å². The van der Waals surface area contributed by atoms with Gasteiger partial charge in [-0.05, 0) is 19.8 Å². The van der Waals surface area contributed by atoms with Gasteiger partial charge in [0.2, 0.25) is 5.91 Å². The van der Waals surface area contributed by atoms with Gasteiger partial charge in [0, 0.05) is 30.0 Å². The van der Waals surface area contributed by atoms with Crippen molar-refractivity contribution in [2.45, 2.75) is 50.2 Å². The molecular formula is C13H23NOS2. The summed E-state index contributed by atoms with van der Waals surface area (Å²) in [5.74, 6) is 3.09. The van der Waals surface area contributed by atoms with Gasteiger partial charge in [-0.25, -0.2) is 0 Å². The first kappa shape index (κ1) is 13.6. The predicted octanol–water partition coefficient (Wildman–Crippen LogP) is 3.22. The van der Waals surface area contributed by atoms with Crippen molar-refractivity contribution in [1.82, 2.24) is 4.90 Å². The number of carbonyl (C=O) groups is 1. The number of likely N-dealkylation sites (tertiary alicyclic amines) is 1. The Balaban J connectivity index is 2.00. The van der Waals surface area contributed by atoms with Crippen molar-refractivity contribution in [2.24, 2.45) is 5.92 Å². The molecule has 98 valence electrons. The number of nitrogens with zero attached hydrogens (tertiary/aromatic N) is 1. The Labute approximate surface area is 113 Å². The summed E-state index contributed by atoms with van der Waals surface area (Å²) in [6, 6.07) is 0.430. The van der Waals surface area contributed by atoms with Gasteiger partial charge in [0.05, 0.1) is 4.08 Å². The monoisotopic (exact) mass is 273 g/mol. The lowest BCUT2D eigenvalue weighted by molar-refractivity contribution is -0.135. The van der Waals surface area contributed by atoms with Gasteiger partial charge in [0.25, 0.3) is 0 Å². The second kappa shape index (κ2) is 5.43. The zero-order chi connectivity index (χ0) is 12.5. The van der Waals surface area contributed by atoms with Crippen molar-refractivity contribution >= 4 is 29.4 Å². The highest BCUT2D eigenvalue weighted by atomic mass is 32.2. The minimum atomic E-state index is 0.203. The largest absolute Gasteiger partial charge is 0.337 e. The van der Waals surface area contributed by atoms with E-state index in [4.69, 9.17) is 0 Å². The zero-order valence-corrected chi connectivity index (χ0v) is 12.7. The van der Waals surface area contributed by atoms with Crippen LogP contribution < -0.4 is 0 Å². The normalized spacial score (nSPS) is 28.9. The highest BCUT2D eigenvalue weighted by Gasteiger charge is 2.47. The standard InChI is InChI=1S/C13H23NOS2/c1-4-5-10(2)12(15)14-9-13(8-11(14)3)16-6-7-17-13/h10-11H,4-9H2,1-3H3. The fraction of sp³-hybridized carbons (Fsp3) is 0.923. The van der Waals surface area contributed by atoms with Crippen molar-refractivity contribution in [3.05, 3.63) is 0 Å². The number of rotatable bonds is 3. The van der Waals surface area contributed by atoms with Gasteiger partial charge in [-0.3, -0.25) is 4.79 Å². The number of hydrogen-bond acceptors (Lipinski definition) is 3. The maximum Gasteiger partial charge on any atom is 0.225 e. The molecule has 2 fully saturated rings. The molecule has 2 saturated heterocycles. The fourth-order valence-electron chi connectivity index (χ4n) is 2.88. The van der Waals surface area contributed by atoms with Crippen LogP contribution in [0.5, 0.6) is 0 Å². The molecule has 4 heteroatoms. The van der Waals surface area contributed by atoms with Gasteiger partial charge in [-0.15, -0.1) is 23.5 Å². The topological polar surface area (TPSA) is 20.3 Å². The molecule has 2 nitrogen and oxygen atoms in total. The molecule has 0 aliphatic carbocycles. The number of thioether (sulfide) groups is 2. The maximum absolute atomic E-state index is 12.4. The van der Waals surface area contributed by atoms with Crippen LogP contribution in [-0.2, 0) is 4.79 Å². The summed E-state index contributed by atoms with van der Waals surface area (Å²) in [4.78, 5) is 14.5. The summed E-state index contributed by atoms with van der Waals surface area (Å²) in [6.07, 6.45) is 3.30. The summed E-state index contributed by atoms with van der Waals surface area (Å²) in [5, 5.41) is 0. The first-order chi connectivity index (χ1) is 8.08. The van der Waals surface area contributed by atoms with Gasteiger partial charge >= 0.3 is 0 Å². The van der Waals surface area contributed by atoms with Crippen LogP contribution in [0.25, 0.3) is 0 Å². The Kier molecular flexibility index (Phi) is 4.35. The van der Waals surface area contributed by atoms with Crippen LogP contribution in [0, 0.1) is 5.92 Å². The van der Waals surface area contributed by atoms with Gasteiger partial charge in [-0.2, -0.15) is 0 Å². The van der Waals surface area contributed by atoms with E-state index >= 15 is 0 Å². The van der Waals surface area contributed by atoms with E-state index in [0.29, 0.717) is 16.0 Å². The maximum atomic E-state index is 12.4. The minimum Gasteiger partial charge on any atom is -0.337 e. The molecule has 0 bridgehead atoms. The van der Waals surface area contributed by atoms with Crippen LogP contribution in [0.15, 0.2) is 0 Å². The third-order valence-corrected chi connectivity index (χ3v) is 7.22. The van der Waals surface area contributed by atoms with Gasteiger partial charge < -0.3 is 4.90 Å². The van der Waals surface area contributed by atoms with E-state index in [1.807, 2.05) is 0 Å². The van der Waals surface area contributed by atoms with Crippen molar-refractivity contribution in [2.75, 3.05) is 18.1 Å². The third kappa shape index (κ3) is 2.78. The Morgan fingerprint density at radius 1 is 1.47 bits per heavy atom. The van der Waals surface area contributed by atoms with E-state index < -0.39 is 0 Å². The van der Waals surface area contributed by atoms with Gasteiger partial charge in [0.15, 0.2) is 0 Å². The molecule has 2 rings (SSSR count). The molecule has 17 heavy (non-hydrogen) atoms. The molecule has 2 unspecified atom stereocenters. The summed E-state index contributed by atoms with van der Waals surface area (Å²) < 4.78 is 0.334. The van der Waals surface area contributed by atoms with Crippen molar-refractivity contribution in [1.29, 1.82) is 0 Å². The van der Waals surface area contributed by atoms with Crippen LogP contribution >= 0.6 is 23.5 Å². The van der Waals surface area contributed by atoms with E-state index in [9.17, 15) is 4.79 Å². The zero-order valence-electron chi connectivity index (χ0n) is 11.1. The molecule has 2 heterocycles. The van der Waals surface area contributed by atoms with Crippen LogP contribution in [0.1, 0.15) is 40.0 Å². The first-order valence-electron chi connectivity index (χ1n) is 6.66. The second-order valence-corrected chi connectivity index (χ2v) is 8.53. The Hall–Kier alpha value is 0.170. The molecule has 1 spiro atoms. The minimum absolute atomic E-state index is 0.203. The molecule has 0 N–H and O–H groups in total. The average Bonchev–Trinajstić information content (AvgIpc) is 2.86. The quantitative estimate of drug-likeness (QED) is 0.787. The first-order valence-corrected chi connectivity index (χ1v) is 8.63. The summed E-state index contributed by atoms with van der Waals surface area (Å²) in [7, 11) is 0. The Bertz CT molecular complexity index is 289. The molecular weight excluding hydrogens is 250 g/mol. The Morgan fingerprint density at radius 2 is 2.12 bits per heavy atom. The molecule has 2 atom stereocenters. The summed E-state index contributed by atoms with van der Waals surface area (Å²) in [5.41, 5.74) is 0. The molecule has 0 radical (unpaired) electrons. The molecule has 0 aromatic heterocycles. The van der Waals surface area contributed by atoms with Crippen LogP contribution in [0.4, 0.5) is 0 Å². The number of carbonyl (C=O) groups excluding carboxylic acids is 1. The van der Waals surface area contributed by atoms with Crippen LogP contribution in [-0.4, -0.2) is 39.0 Å². The lowest BCUT2D eigenvalue weighted by atomic mass is 10.0. The van der Waals surface area contributed by atoms with E-state index in [-0.39, 0.29) is 5.92 Å². The fourth-order valence-corrected chi connectivity index (χ4v) is 6.30. The number of amides is 1. The Morgan fingerprint density at radius 3 is 2.71 bits per heavy atom. The van der Waals surface area contributed by atoms with E-state index in [0.717, 1.165) is 19.4 Å². The molecule has 1 amide bonds. The van der Waals surface area contributed by atoms with Gasteiger partial charge in [0.1, 0.15) is 0 Å². The van der Waals surface area contributed by atoms with Crippen molar-refractivity contribution in [3.8, 4) is 0 Å². The molecule has 0 saturated carbocycles. The summed E-state index contributed by atoms with van der Waals surface area (Å²) in [6.45, 7) is 7.42. The number of hydrogen-bond donors (Lipinski definition) is 0. The van der Waals surface area contributed by atoms with E-state index in [1.54, 1.807) is 0 Å². The highest BCUT2D eigenvalue weighted by molar-refractivity contribution is 8.21. The van der Waals surface area contributed by atoms with Crippen LogP contribution in [0.2, 0.25) is 0 Å².